The second-order valence-corrected chi connectivity index (χ2v) is 10.8. The van der Waals surface area contributed by atoms with E-state index in [0.29, 0.717) is 40.3 Å². The van der Waals surface area contributed by atoms with Crippen LogP contribution in [0.5, 0.6) is 5.75 Å². The maximum absolute atomic E-state index is 14.1. The molecular weight excluding hydrogens is 511 g/mol. The molecule has 38 heavy (non-hydrogen) atoms. The molecule has 12 heteroatoms. The highest BCUT2D eigenvalue weighted by Gasteiger charge is 2.40. The summed E-state index contributed by atoms with van der Waals surface area (Å²) >= 11 is 5.99. The van der Waals surface area contributed by atoms with Crippen LogP contribution in [0.1, 0.15) is 25.8 Å². The highest BCUT2D eigenvalue weighted by atomic mass is 35.5. The molecule has 3 heterocycles. The number of hydrogen-bond acceptors (Lipinski definition) is 10. The Kier molecular flexibility index (Phi) is 6.93. The Morgan fingerprint density at radius 1 is 1.13 bits per heavy atom. The van der Waals surface area contributed by atoms with Crippen LogP contribution in [0.4, 0.5) is 39.0 Å². The lowest BCUT2D eigenvalue weighted by Crippen LogP contribution is -2.35. The zero-order valence-electron chi connectivity index (χ0n) is 21.8. The number of anilines is 6. The fourth-order valence-corrected chi connectivity index (χ4v) is 5.55. The van der Waals surface area contributed by atoms with Crippen LogP contribution in [0.15, 0.2) is 30.6 Å². The molecule has 0 bridgehead atoms. The molecule has 2 fully saturated rings. The van der Waals surface area contributed by atoms with Crippen molar-refractivity contribution in [2.75, 3.05) is 55.1 Å². The average Bonchev–Trinajstić information content (AvgIpc) is 3.40. The first-order valence-corrected chi connectivity index (χ1v) is 12.8. The number of nitrogens with one attached hydrogen (secondary N) is 2. The second kappa shape index (κ2) is 10.0. The number of methoxy groups -OCH3 is 1. The number of aromatic nitrogens is 3. The largest absolute Gasteiger partial charge is 0.494 e. The van der Waals surface area contributed by atoms with E-state index in [1.807, 2.05) is 12.1 Å². The predicted octanol–water partition coefficient (Wildman–Crippen LogP) is 4.11. The summed E-state index contributed by atoms with van der Waals surface area (Å²) in [6.07, 6.45) is 2.48. The van der Waals surface area contributed by atoms with Crippen LogP contribution in [0.25, 0.3) is 0 Å². The van der Waals surface area contributed by atoms with Gasteiger partial charge in [0, 0.05) is 43.0 Å². The molecule has 0 spiro atoms. The quantitative estimate of drug-likeness (QED) is 0.324. The van der Waals surface area contributed by atoms with Gasteiger partial charge in [0.15, 0.2) is 0 Å². The molecule has 5 N–H and O–H groups in total. The van der Waals surface area contributed by atoms with Crippen LogP contribution in [0.3, 0.4) is 0 Å². The van der Waals surface area contributed by atoms with Crippen molar-refractivity contribution in [1.82, 2.24) is 19.9 Å². The minimum Gasteiger partial charge on any atom is -0.494 e. The molecule has 2 saturated heterocycles. The molecule has 1 aromatic heterocycles. The van der Waals surface area contributed by atoms with Crippen molar-refractivity contribution < 1.29 is 14.2 Å². The molecule has 0 saturated carbocycles. The van der Waals surface area contributed by atoms with E-state index in [-0.39, 0.29) is 16.9 Å². The topological polar surface area (TPSA) is 125 Å². The molecule has 2 aliphatic rings. The molecule has 2 atom stereocenters. The first kappa shape index (κ1) is 26.2. The third kappa shape index (κ3) is 5.13. The highest BCUT2D eigenvalue weighted by Crippen LogP contribution is 2.42. The maximum Gasteiger partial charge on any atom is 0.232 e. The minimum absolute atomic E-state index is 0.0956. The summed E-state index contributed by atoms with van der Waals surface area (Å²) in [4.78, 5) is 17.5. The van der Waals surface area contributed by atoms with Gasteiger partial charge in [0.1, 0.15) is 17.9 Å². The van der Waals surface area contributed by atoms with Crippen LogP contribution in [0.2, 0.25) is 5.02 Å². The molecule has 0 aliphatic carbocycles. The number of likely N-dealkylation sites (tertiary alicyclic amines) is 1. The number of halogens is 2. The number of likely N-dealkylation sites (N-methyl/N-ethyl adjacent to an activating group) is 1. The first-order valence-electron chi connectivity index (χ1n) is 12.4. The SMILES string of the molecule is COc1cc(N2CC[C@@H]3CN(C)C[C@@H]32)c(N)cc1Nc1ncnc(Nc2cc(Cl)c(F)cc2C(C)(C)O)n1. The van der Waals surface area contributed by atoms with Gasteiger partial charge in [0.05, 0.1) is 34.8 Å². The normalized spacial score (nSPS) is 19.5. The molecule has 0 radical (unpaired) electrons. The summed E-state index contributed by atoms with van der Waals surface area (Å²) in [7, 11) is 3.76. The highest BCUT2D eigenvalue weighted by molar-refractivity contribution is 6.31. The van der Waals surface area contributed by atoms with Gasteiger partial charge in [0.2, 0.25) is 11.9 Å². The van der Waals surface area contributed by atoms with Crippen molar-refractivity contribution in [3.05, 3.63) is 47.0 Å². The third-order valence-corrected chi connectivity index (χ3v) is 7.46. The molecule has 2 aromatic carbocycles. The Labute approximate surface area is 226 Å². The summed E-state index contributed by atoms with van der Waals surface area (Å²) in [5.74, 6) is 1.03. The lowest BCUT2D eigenvalue weighted by molar-refractivity contribution is 0.0790. The van der Waals surface area contributed by atoms with Gasteiger partial charge in [-0.1, -0.05) is 11.6 Å². The van der Waals surface area contributed by atoms with Crippen LogP contribution >= 0.6 is 11.6 Å². The third-order valence-electron chi connectivity index (χ3n) is 7.17. The molecule has 202 valence electrons. The number of benzene rings is 2. The van der Waals surface area contributed by atoms with Gasteiger partial charge in [-0.3, -0.25) is 0 Å². The van der Waals surface area contributed by atoms with E-state index in [4.69, 9.17) is 22.1 Å². The van der Waals surface area contributed by atoms with Gasteiger partial charge < -0.3 is 36.0 Å². The van der Waals surface area contributed by atoms with Gasteiger partial charge in [-0.05, 0) is 51.4 Å². The number of aliphatic hydroxyl groups is 1. The molecule has 2 aliphatic heterocycles. The first-order chi connectivity index (χ1) is 18.0. The average molecular weight is 543 g/mol. The number of ether oxygens (including phenoxy) is 1. The van der Waals surface area contributed by atoms with Gasteiger partial charge >= 0.3 is 0 Å². The van der Waals surface area contributed by atoms with Gasteiger partial charge in [0.25, 0.3) is 0 Å². The molecular formula is C26H32ClFN8O2. The van der Waals surface area contributed by atoms with Gasteiger partial charge in [-0.15, -0.1) is 0 Å². The van der Waals surface area contributed by atoms with E-state index in [9.17, 15) is 9.50 Å². The number of rotatable bonds is 7. The number of nitrogens with zero attached hydrogens (tertiary/aromatic N) is 5. The zero-order valence-corrected chi connectivity index (χ0v) is 22.6. The van der Waals surface area contributed by atoms with Crippen LogP contribution in [-0.2, 0) is 5.60 Å². The predicted molar refractivity (Wildman–Crippen MR) is 147 cm³/mol. The van der Waals surface area contributed by atoms with E-state index in [1.165, 1.54) is 18.5 Å². The Morgan fingerprint density at radius 2 is 1.84 bits per heavy atom. The Balaban J connectivity index is 1.40. The number of fused-ring (bicyclic) bond motifs is 1. The van der Waals surface area contributed by atoms with Crippen LogP contribution in [-0.4, -0.2) is 64.8 Å². The van der Waals surface area contributed by atoms with Crippen molar-refractivity contribution >= 4 is 46.2 Å². The fraction of sp³-hybridized carbons (Fsp3) is 0.423. The molecule has 5 rings (SSSR count). The van der Waals surface area contributed by atoms with E-state index < -0.39 is 11.4 Å². The van der Waals surface area contributed by atoms with Crippen molar-refractivity contribution in [2.24, 2.45) is 5.92 Å². The molecule has 10 nitrogen and oxygen atoms in total. The van der Waals surface area contributed by atoms with Crippen LogP contribution < -0.4 is 26.0 Å². The maximum atomic E-state index is 14.1. The Hall–Kier alpha value is -3.41. The molecule has 0 amide bonds. The summed E-state index contributed by atoms with van der Waals surface area (Å²) in [5, 5.41) is 16.6. The number of hydrogen-bond donors (Lipinski definition) is 4. The van der Waals surface area contributed by atoms with E-state index >= 15 is 0 Å². The molecule has 3 aromatic rings. The number of nitrogens with two attached hydrogens (primary N) is 1. The van der Waals surface area contributed by atoms with Crippen molar-refractivity contribution in [2.45, 2.75) is 31.9 Å². The standard InChI is InChI=1S/C26H32ClFN8O2/c1-26(2,37)15-7-17(28)16(27)8-19(15)32-24-30-13-31-25(34-24)33-20-9-18(29)21(10-23(20)38-4)36-6-5-14-11-35(3)12-22(14)36/h7-10,13-14,22,37H,5-6,11-12,29H2,1-4H3,(H2,30,31,32,33,34)/t14-,22+/m1/s1. The lowest BCUT2D eigenvalue weighted by atomic mass is 9.96. The van der Waals surface area contributed by atoms with Crippen LogP contribution in [0, 0.1) is 11.7 Å². The van der Waals surface area contributed by atoms with Crippen molar-refractivity contribution in [1.29, 1.82) is 0 Å². The number of nitrogen functional groups attached to an aromatic ring is 1. The van der Waals surface area contributed by atoms with Crippen molar-refractivity contribution in [3.63, 3.8) is 0 Å². The Bertz CT molecular complexity index is 1350. The van der Waals surface area contributed by atoms with Crippen molar-refractivity contribution in [3.8, 4) is 5.75 Å². The monoisotopic (exact) mass is 542 g/mol. The summed E-state index contributed by atoms with van der Waals surface area (Å²) in [6.45, 7) is 6.19. The summed E-state index contributed by atoms with van der Waals surface area (Å²) in [6, 6.07) is 6.79. The van der Waals surface area contributed by atoms with E-state index in [2.05, 4.69) is 42.4 Å². The molecule has 0 unspecified atom stereocenters. The minimum atomic E-state index is -1.34. The van der Waals surface area contributed by atoms with E-state index in [1.54, 1.807) is 21.0 Å². The van der Waals surface area contributed by atoms with Gasteiger partial charge in [-0.25, -0.2) is 14.4 Å². The summed E-state index contributed by atoms with van der Waals surface area (Å²) < 4.78 is 19.8. The fourth-order valence-electron chi connectivity index (χ4n) is 5.39. The summed E-state index contributed by atoms with van der Waals surface area (Å²) in [5.41, 5.74) is 8.06. The zero-order chi connectivity index (χ0) is 27.2. The Morgan fingerprint density at radius 3 is 2.53 bits per heavy atom. The van der Waals surface area contributed by atoms with E-state index in [0.717, 1.165) is 31.7 Å². The second-order valence-electron chi connectivity index (χ2n) is 10.4. The van der Waals surface area contributed by atoms with Gasteiger partial charge in [-0.2, -0.15) is 4.98 Å². The lowest BCUT2D eigenvalue weighted by Gasteiger charge is -2.28. The smallest absolute Gasteiger partial charge is 0.232 e.